The molecule has 0 aromatic heterocycles. The molecule has 1 rings (SSSR count). The fourth-order valence-corrected chi connectivity index (χ4v) is 2.20. The molecule has 0 saturated carbocycles. The van der Waals surface area contributed by atoms with Crippen molar-refractivity contribution in [2.75, 3.05) is 20.8 Å². The number of hydrogen-bond donors (Lipinski definition) is 2. The third-order valence-corrected chi connectivity index (χ3v) is 3.04. The van der Waals surface area contributed by atoms with E-state index >= 15 is 0 Å². The van der Waals surface area contributed by atoms with Crippen molar-refractivity contribution in [1.29, 1.82) is 0 Å². The molecular weight excluding hydrogens is 242 g/mol. The van der Waals surface area contributed by atoms with Crippen molar-refractivity contribution < 1.29 is 14.6 Å². The minimum Gasteiger partial charge on any atom is -0.504 e. The van der Waals surface area contributed by atoms with E-state index in [2.05, 4.69) is 0 Å². The molecule has 0 fully saturated rings. The van der Waals surface area contributed by atoms with Gasteiger partial charge in [0.05, 0.1) is 19.2 Å². The van der Waals surface area contributed by atoms with Gasteiger partial charge in [0, 0.05) is 11.6 Å². The van der Waals surface area contributed by atoms with Gasteiger partial charge in [0.2, 0.25) is 5.75 Å². The number of phenols is 1. The maximum absolute atomic E-state index is 10.1. The van der Waals surface area contributed by atoms with Crippen LogP contribution in [0.4, 0.5) is 0 Å². The lowest BCUT2D eigenvalue weighted by Crippen LogP contribution is -2.06. The van der Waals surface area contributed by atoms with Gasteiger partial charge in [-0.3, -0.25) is 0 Å². The number of methoxy groups -OCH3 is 2. The van der Waals surface area contributed by atoms with Crippen LogP contribution in [0.25, 0.3) is 0 Å². The summed E-state index contributed by atoms with van der Waals surface area (Å²) in [5.74, 6) is 0.805. The van der Waals surface area contributed by atoms with E-state index in [0.717, 1.165) is 6.42 Å². The molecule has 0 aliphatic heterocycles. The lowest BCUT2D eigenvalue weighted by atomic mass is 9.96. The van der Waals surface area contributed by atoms with Gasteiger partial charge < -0.3 is 20.3 Å². The number of rotatable bonds is 5. The van der Waals surface area contributed by atoms with E-state index in [-0.39, 0.29) is 11.7 Å². The van der Waals surface area contributed by atoms with Crippen molar-refractivity contribution in [2.24, 2.45) is 5.73 Å². The van der Waals surface area contributed by atoms with Gasteiger partial charge in [0.15, 0.2) is 11.5 Å². The highest BCUT2D eigenvalue weighted by Crippen LogP contribution is 2.46. The fourth-order valence-electron chi connectivity index (χ4n) is 1.82. The molecule has 17 heavy (non-hydrogen) atoms. The highest BCUT2D eigenvalue weighted by atomic mass is 35.5. The summed E-state index contributed by atoms with van der Waals surface area (Å²) in [5, 5.41) is 10.6. The second-order valence-corrected chi connectivity index (χ2v) is 4.24. The van der Waals surface area contributed by atoms with Crippen LogP contribution in [0.5, 0.6) is 17.2 Å². The van der Waals surface area contributed by atoms with E-state index in [1.807, 2.05) is 6.92 Å². The Kier molecular flexibility index (Phi) is 4.90. The smallest absolute Gasteiger partial charge is 0.203 e. The summed E-state index contributed by atoms with van der Waals surface area (Å²) in [6, 6.07) is 1.64. The maximum Gasteiger partial charge on any atom is 0.203 e. The van der Waals surface area contributed by atoms with Crippen LogP contribution in [-0.4, -0.2) is 25.9 Å². The van der Waals surface area contributed by atoms with Crippen molar-refractivity contribution in [2.45, 2.75) is 19.3 Å². The summed E-state index contributed by atoms with van der Waals surface area (Å²) in [7, 11) is 2.97. The molecule has 1 unspecified atom stereocenters. The van der Waals surface area contributed by atoms with Crippen molar-refractivity contribution in [1.82, 2.24) is 0 Å². The van der Waals surface area contributed by atoms with Gasteiger partial charge in [-0.1, -0.05) is 18.5 Å². The predicted octanol–water partition coefficient (Wildman–Crippen LogP) is 2.52. The number of ether oxygens (including phenoxy) is 2. The number of hydrogen-bond acceptors (Lipinski definition) is 4. The fraction of sp³-hybridized carbons (Fsp3) is 0.500. The van der Waals surface area contributed by atoms with Crippen molar-refractivity contribution in [3.63, 3.8) is 0 Å². The summed E-state index contributed by atoms with van der Waals surface area (Å²) in [6.07, 6.45) is 0.739. The topological polar surface area (TPSA) is 64.7 Å². The van der Waals surface area contributed by atoms with Crippen LogP contribution in [0.2, 0.25) is 5.02 Å². The van der Waals surface area contributed by atoms with Crippen LogP contribution in [0.3, 0.4) is 0 Å². The molecule has 0 radical (unpaired) electrons. The van der Waals surface area contributed by atoms with E-state index in [4.69, 9.17) is 26.8 Å². The quantitative estimate of drug-likeness (QED) is 0.853. The Hall–Kier alpha value is -1.13. The second kappa shape index (κ2) is 5.98. The minimum atomic E-state index is 0.0257. The standard InChI is InChI=1S/C12H18ClNO3/c1-7(4-5-14)10-8(13)6-9(16-2)12(17-3)11(10)15/h6-7,15H,4-5,14H2,1-3H3. The van der Waals surface area contributed by atoms with Crippen LogP contribution in [0, 0.1) is 0 Å². The molecule has 4 nitrogen and oxygen atoms in total. The second-order valence-electron chi connectivity index (χ2n) is 3.83. The molecule has 0 saturated heterocycles. The number of halogens is 1. The van der Waals surface area contributed by atoms with E-state index in [9.17, 15) is 5.11 Å². The molecule has 0 aliphatic carbocycles. The summed E-state index contributed by atoms with van der Waals surface area (Å²) in [6.45, 7) is 2.49. The third-order valence-electron chi connectivity index (χ3n) is 2.73. The Bertz CT molecular complexity index is 396. The summed E-state index contributed by atoms with van der Waals surface area (Å²) in [4.78, 5) is 0. The molecule has 5 heteroatoms. The van der Waals surface area contributed by atoms with Gasteiger partial charge in [-0.25, -0.2) is 0 Å². The number of phenolic OH excluding ortho intramolecular Hbond substituents is 1. The molecule has 1 atom stereocenters. The van der Waals surface area contributed by atoms with Crippen LogP contribution in [0.15, 0.2) is 6.07 Å². The van der Waals surface area contributed by atoms with Crippen LogP contribution >= 0.6 is 11.6 Å². The highest BCUT2D eigenvalue weighted by Gasteiger charge is 2.21. The first kappa shape index (κ1) is 13.9. The first-order valence-electron chi connectivity index (χ1n) is 5.40. The number of benzene rings is 1. The molecule has 0 heterocycles. The zero-order valence-corrected chi connectivity index (χ0v) is 11.0. The van der Waals surface area contributed by atoms with E-state index < -0.39 is 0 Å². The van der Waals surface area contributed by atoms with Crippen molar-refractivity contribution in [3.8, 4) is 17.2 Å². The molecule has 0 amide bonds. The average Bonchev–Trinajstić information content (AvgIpc) is 2.28. The molecule has 3 N–H and O–H groups in total. The van der Waals surface area contributed by atoms with Gasteiger partial charge in [-0.15, -0.1) is 0 Å². The van der Waals surface area contributed by atoms with Crippen LogP contribution in [0.1, 0.15) is 24.8 Å². The Balaban J connectivity index is 3.31. The zero-order valence-electron chi connectivity index (χ0n) is 10.3. The third kappa shape index (κ3) is 2.76. The van der Waals surface area contributed by atoms with Crippen molar-refractivity contribution >= 4 is 11.6 Å². The summed E-state index contributed by atoms with van der Waals surface area (Å²) < 4.78 is 10.2. The largest absolute Gasteiger partial charge is 0.504 e. The lowest BCUT2D eigenvalue weighted by Gasteiger charge is -2.18. The van der Waals surface area contributed by atoms with Gasteiger partial charge in [0.25, 0.3) is 0 Å². The SMILES string of the molecule is COc1cc(Cl)c(C(C)CCN)c(O)c1OC. The number of aromatic hydroxyl groups is 1. The molecule has 1 aromatic carbocycles. The zero-order chi connectivity index (χ0) is 13.0. The first-order valence-corrected chi connectivity index (χ1v) is 5.78. The van der Waals surface area contributed by atoms with Crippen LogP contribution < -0.4 is 15.2 Å². The minimum absolute atomic E-state index is 0.0257. The normalized spacial score (nSPS) is 12.3. The Morgan fingerprint density at radius 1 is 1.41 bits per heavy atom. The molecule has 1 aromatic rings. The monoisotopic (exact) mass is 259 g/mol. The number of nitrogens with two attached hydrogens (primary N) is 1. The first-order chi connectivity index (χ1) is 8.06. The lowest BCUT2D eigenvalue weighted by molar-refractivity contribution is 0.330. The average molecular weight is 260 g/mol. The van der Waals surface area contributed by atoms with Gasteiger partial charge in [-0.05, 0) is 18.9 Å². The highest BCUT2D eigenvalue weighted by molar-refractivity contribution is 6.32. The molecule has 0 spiro atoms. The van der Waals surface area contributed by atoms with Gasteiger partial charge >= 0.3 is 0 Å². The Morgan fingerprint density at radius 3 is 2.53 bits per heavy atom. The summed E-state index contributed by atoms with van der Waals surface area (Å²) in [5.41, 5.74) is 6.16. The maximum atomic E-state index is 10.1. The Labute approximate surface area is 106 Å². The van der Waals surface area contributed by atoms with Gasteiger partial charge in [-0.2, -0.15) is 0 Å². The Morgan fingerprint density at radius 2 is 2.06 bits per heavy atom. The molecule has 0 bridgehead atoms. The van der Waals surface area contributed by atoms with Gasteiger partial charge in [0.1, 0.15) is 0 Å². The predicted molar refractivity (Wildman–Crippen MR) is 68.3 cm³/mol. The van der Waals surface area contributed by atoms with Crippen LogP contribution in [-0.2, 0) is 0 Å². The molecular formula is C12H18ClNO3. The summed E-state index contributed by atoms with van der Waals surface area (Å²) >= 11 is 6.14. The van der Waals surface area contributed by atoms with Crippen molar-refractivity contribution in [3.05, 3.63) is 16.7 Å². The van der Waals surface area contributed by atoms with E-state index in [1.54, 1.807) is 6.07 Å². The molecule has 96 valence electrons. The molecule has 0 aliphatic rings. The van der Waals surface area contributed by atoms with E-state index in [1.165, 1.54) is 14.2 Å². The van der Waals surface area contributed by atoms with E-state index in [0.29, 0.717) is 28.6 Å².